The number of nitrogens with one attached hydrogen (secondary N) is 4. The molecule has 0 aliphatic carbocycles. The Kier molecular flexibility index (Phi) is 13.4. The van der Waals surface area contributed by atoms with Gasteiger partial charge in [0.25, 0.3) is 0 Å². The maximum atomic E-state index is 13.6. The minimum Gasteiger partial charge on any atom is -0.354 e. The summed E-state index contributed by atoms with van der Waals surface area (Å²) in [4.78, 5) is 84.9. The van der Waals surface area contributed by atoms with Gasteiger partial charge in [-0.05, 0) is 53.4 Å². The first-order chi connectivity index (χ1) is 24.6. The van der Waals surface area contributed by atoms with Crippen LogP contribution in [0.5, 0.6) is 0 Å². The highest BCUT2D eigenvalue weighted by Crippen LogP contribution is 2.20. The minimum absolute atomic E-state index is 0.00200. The first kappa shape index (κ1) is 39.4. The zero-order valence-electron chi connectivity index (χ0n) is 31.0. The third-order valence-corrected chi connectivity index (χ3v) is 8.77. The second kappa shape index (κ2) is 17.7. The van der Waals surface area contributed by atoms with Crippen molar-refractivity contribution in [3.05, 3.63) is 53.1 Å². The van der Waals surface area contributed by atoms with E-state index in [0.717, 1.165) is 5.56 Å². The fourth-order valence-electron chi connectivity index (χ4n) is 6.17. The summed E-state index contributed by atoms with van der Waals surface area (Å²) >= 11 is 0. The highest BCUT2D eigenvalue weighted by Gasteiger charge is 2.29. The SMILES string of the molecule is CC(=O)c1c(C)nn(CCC(=O)N2CCCNC(=O)Cn3nc(-c4ccccc4)nc3[C@H](C)NC(=O)[C@@H](CC(C)C)NC(=O)[C@@H](C)NC(=O)C2)c1C. The highest BCUT2D eigenvalue weighted by molar-refractivity contribution is 5.96. The number of hydrogen-bond acceptors (Lipinski definition) is 9. The number of hydrogen-bond donors (Lipinski definition) is 4. The van der Waals surface area contributed by atoms with Crippen molar-refractivity contribution >= 4 is 35.3 Å². The lowest BCUT2D eigenvalue weighted by molar-refractivity contribution is -0.137. The summed E-state index contributed by atoms with van der Waals surface area (Å²) in [6.45, 7) is 12.1. The quantitative estimate of drug-likeness (QED) is 0.262. The summed E-state index contributed by atoms with van der Waals surface area (Å²) in [5.41, 5.74) is 2.47. The molecular weight excluding hydrogens is 668 g/mol. The Balaban J connectivity index is 1.58. The van der Waals surface area contributed by atoms with Gasteiger partial charge in [0.1, 0.15) is 24.5 Å². The molecule has 1 aliphatic heterocycles. The molecule has 0 fully saturated rings. The third kappa shape index (κ3) is 10.3. The lowest BCUT2D eigenvalue weighted by Gasteiger charge is -2.25. The number of Topliss-reactive ketones (excluding diaryl/α,β-unsaturated/α-hetero) is 1. The number of aromatic nitrogens is 5. The molecule has 0 unspecified atom stereocenters. The molecule has 0 saturated carbocycles. The molecule has 0 saturated heterocycles. The van der Waals surface area contributed by atoms with Crippen LogP contribution in [0.3, 0.4) is 0 Å². The van der Waals surface area contributed by atoms with Gasteiger partial charge in [0.2, 0.25) is 29.5 Å². The lowest BCUT2D eigenvalue weighted by Crippen LogP contribution is -2.54. The second-order valence-corrected chi connectivity index (χ2v) is 13.6. The molecule has 4 N–H and O–H groups in total. The van der Waals surface area contributed by atoms with Crippen molar-refractivity contribution in [1.29, 1.82) is 0 Å². The summed E-state index contributed by atoms with van der Waals surface area (Å²) in [6.07, 6.45) is 0.650. The Morgan fingerprint density at radius 3 is 2.27 bits per heavy atom. The zero-order valence-corrected chi connectivity index (χ0v) is 31.0. The number of aryl methyl sites for hydroxylation is 2. The summed E-state index contributed by atoms with van der Waals surface area (Å²) in [5, 5.41) is 20.2. The van der Waals surface area contributed by atoms with Crippen LogP contribution in [-0.4, -0.2) is 96.5 Å². The molecule has 0 bridgehead atoms. The average Bonchev–Trinajstić information content (AvgIpc) is 3.63. The molecular formula is C36H50N10O6. The van der Waals surface area contributed by atoms with E-state index in [4.69, 9.17) is 0 Å². The second-order valence-electron chi connectivity index (χ2n) is 13.6. The maximum Gasteiger partial charge on any atom is 0.243 e. The Morgan fingerprint density at radius 1 is 0.904 bits per heavy atom. The van der Waals surface area contributed by atoms with Gasteiger partial charge in [0.05, 0.1) is 23.8 Å². The number of carbonyl (C=O) groups excluding carboxylic acids is 6. The Morgan fingerprint density at radius 2 is 1.62 bits per heavy atom. The number of fused-ring (bicyclic) bond motifs is 1. The molecule has 3 atom stereocenters. The molecule has 1 aliphatic rings. The van der Waals surface area contributed by atoms with E-state index in [1.54, 1.807) is 25.5 Å². The van der Waals surface area contributed by atoms with Gasteiger partial charge in [-0.25, -0.2) is 9.67 Å². The van der Waals surface area contributed by atoms with Gasteiger partial charge in [0, 0.05) is 37.3 Å². The van der Waals surface area contributed by atoms with E-state index in [0.29, 0.717) is 41.4 Å². The van der Waals surface area contributed by atoms with Gasteiger partial charge in [-0.3, -0.25) is 33.4 Å². The predicted molar refractivity (Wildman–Crippen MR) is 192 cm³/mol. The van der Waals surface area contributed by atoms with Gasteiger partial charge < -0.3 is 26.2 Å². The van der Waals surface area contributed by atoms with Crippen LogP contribution in [0.1, 0.15) is 87.5 Å². The van der Waals surface area contributed by atoms with Gasteiger partial charge in [-0.1, -0.05) is 44.2 Å². The molecule has 3 heterocycles. The van der Waals surface area contributed by atoms with Gasteiger partial charge >= 0.3 is 0 Å². The number of nitrogens with zero attached hydrogens (tertiary/aromatic N) is 6. The van der Waals surface area contributed by atoms with E-state index >= 15 is 0 Å². The third-order valence-electron chi connectivity index (χ3n) is 8.77. The fourth-order valence-corrected chi connectivity index (χ4v) is 6.17. The molecule has 1 aromatic carbocycles. The first-order valence-corrected chi connectivity index (χ1v) is 17.6. The predicted octanol–water partition coefficient (Wildman–Crippen LogP) is 1.61. The van der Waals surface area contributed by atoms with E-state index in [1.165, 1.54) is 23.4 Å². The highest BCUT2D eigenvalue weighted by atomic mass is 16.2. The van der Waals surface area contributed by atoms with Crippen molar-refractivity contribution in [2.24, 2.45) is 5.92 Å². The Bertz CT molecular complexity index is 1780. The monoisotopic (exact) mass is 718 g/mol. The number of carbonyl (C=O) groups is 6. The van der Waals surface area contributed by atoms with Crippen LogP contribution in [-0.2, 0) is 37.1 Å². The maximum absolute atomic E-state index is 13.6. The molecule has 0 spiro atoms. The molecule has 5 amide bonds. The summed E-state index contributed by atoms with van der Waals surface area (Å²) in [6, 6.07) is 6.64. The molecule has 16 heteroatoms. The van der Waals surface area contributed by atoms with Crippen LogP contribution in [0, 0.1) is 19.8 Å². The topological polar surface area (TPSA) is 202 Å². The van der Waals surface area contributed by atoms with Crippen molar-refractivity contribution in [2.45, 2.75) is 98.9 Å². The van der Waals surface area contributed by atoms with E-state index in [2.05, 4.69) is 36.4 Å². The van der Waals surface area contributed by atoms with E-state index in [9.17, 15) is 28.8 Å². The molecule has 52 heavy (non-hydrogen) atoms. The van der Waals surface area contributed by atoms with Crippen molar-refractivity contribution < 1.29 is 28.8 Å². The molecule has 2 aromatic heterocycles. The van der Waals surface area contributed by atoms with E-state index in [1.807, 2.05) is 44.2 Å². The normalized spacial score (nSPS) is 19.8. The number of amides is 5. The number of rotatable bonds is 7. The molecule has 4 rings (SSSR count). The standard InChI is InChI=1S/C36H50N10O6/c1-21(2)18-28-36(52)39-23(4)34-41-33(27-12-9-8-10-13-27)43-46(34)20-29(48)37-15-11-16-44(19-30(49)38-24(5)35(51)40-28)31(50)14-17-45-25(6)32(26(7)47)22(3)42-45/h8-10,12-13,21,23-24,28H,11,14-20H2,1-7H3,(H,37,48)(H,38,49)(H,39,52)(H,40,51)/t23-,24+,28+/m0/s1. The zero-order chi connectivity index (χ0) is 38.1. The van der Waals surface area contributed by atoms with Crippen molar-refractivity contribution in [3.8, 4) is 11.4 Å². The van der Waals surface area contributed by atoms with Crippen LogP contribution >= 0.6 is 0 Å². The molecule has 280 valence electrons. The summed E-state index contributed by atoms with van der Waals surface area (Å²) in [5.74, 6) is -1.62. The molecule has 16 nitrogen and oxygen atoms in total. The minimum atomic E-state index is -1.01. The van der Waals surface area contributed by atoms with Crippen molar-refractivity contribution in [2.75, 3.05) is 19.6 Å². The van der Waals surface area contributed by atoms with Gasteiger partial charge in [-0.15, -0.1) is 0 Å². The Hall–Kier alpha value is -5.41. The van der Waals surface area contributed by atoms with Crippen LogP contribution in [0.2, 0.25) is 0 Å². The molecule has 0 radical (unpaired) electrons. The summed E-state index contributed by atoms with van der Waals surface area (Å²) < 4.78 is 3.05. The smallest absolute Gasteiger partial charge is 0.243 e. The van der Waals surface area contributed by atoms with E-state index in [-0.39, 0.29) is 62.7 Å². The lowest BCUT2D eigenvalue weighted by atomic mass is 10.0. The first-order valence-electron chi connectivity index (χ1n) is 17.6. The largest absolute Gasteiger partial charge is 0.354 e. The van der Waals surface area contributed by atoms with E-state index < -0.39 is 35.8 Å². The Labute approximate surface area is 303 Å². The van der Waals surface area contributed by atoms with Gasteiger partial charge in [0.15, 0.2) is 11.6 Å². The number of ketones is 1. The van der Waals surface area contributed by atoms with Crippen molar-refractivity contribution in [1.82, 2.24) is 50.7 Å². The average molecular weight is 719 g/mol. The fraction of sp³-hybridized carbons (Fsp3) is 0.528. The van der Waals surface area contributed by atoms with Crippen molar-refractivity contribution in [3.63, 3.8) is 0 Å². The van der Waals surface area contributed by atoms with Crippen LogP contribution in [0.25, 0.3) is 11.4 Å². The van der Waals surface area contributed by atoms with Gasteiger partial charge in [-0.2, -0.15) is 10.2 Å². The number of benzene rings is 1. The molecule has 3 aromatic rings. The van der Waals surface area contributed by atoms with Crippen LogP contribution in [0.4, 0.5) is 0 Å². The van der Waals surface area contributed by atoms with Crippen LogP contribution in [0.15, 0.2) is 30.3 Å². The summed E-state index contributed by atoms with van der Waals surface area (Å²) in [7, 11) is 0. The van der Waals surface area contributed by atoms with Crippen LogP contribution < -0.4 is 21.3 Å².